The second kappa shape index (κ2) is 4.84. The summed E-state index contributed by atoms with van der Waals surface area (Å²) in [5, 5.41) is 6.16. The predicted molar refractivity (Wildman–Crippen MR) is 59.8 cm³/mol. The van der Waals surface area contributed by atoms with Gasteiger partial charge in [-0.3, -0.25) is 0 Å². The van der Waals surface area contributed by atoms with Crippen LogP contribution in [0, 0.1) is 5.92 Å². The maximum Gasteiger partial charge on any atom is 0.407 e. The van der Waals surface area contributed by atoms with Gasteiger partial charge in [0.25, 0.3) is 0 Å². The third-order valence-electron chi connectivity index (χ3n) is 2.29. The van der Waals surface area contributed by atoms with E-state index < -0.39 is 5.60 Å². The molecule has 0 aliphatic carbocycles. The molecule has 0 saturated carbocycles. The number of amides is 1. The van der Waals surface area contributed by atoms with Crippen LogP contribution in [-0.2, 0) is 4.74 Å². The average Bonchev–Trinajstić information content (AvgIpc) is 1.99. The van der Waals surface area contributed by atoms with Gasteiger partial charge in [-0.25, -0.2) is 4.79 Å². The minimum absolute atomic E-state index is 0.198. The minimum atomic E-state index is -0.419. The monoisotopic (exact) mass is 214 g/mol. The summed E-state index contributed by atoms with van der Waals surface area (Å²) in [6, 6.07) is 0.198. The smallest absolute Gasteiger partial charge is 0.407 e. The van der Waals surface area contributed by atoms with Crippen molar-refractivity contribution in [1.82, 2.24) is 10.6 Å². The zero-order valence-electron chi connectivity index (χ0n) is 10.1. The fraction of sp³-hybridized carbons (Fsp3) is 0.909. The summed E-state index contributed by atoms with van der Waals surface area (Å²) in [6.07, 6.45) is 0.704. The Morgan fingerprint density at radius 3 is 2.60 bits per heavy atom. The van der Waals surface area contributed by atoms with Crippen molar-refractivity contribution in [1.29, 1.82) is 0 Å². The molecule has 1 fully saturated rings. The lowest BCUT2D eigenvalue weighted by atomic mass is 9.98. The number of hydrogen-bond acceptors (Lipinski definition) is 3. The zero-order chi connectivity index (χ0) is 11.5. The number of hydrogen-bond donors (Lipinski definition) is 2. The topological polar surface area (TPSA) is 50.4 Å². The maximum absolute atomic E-state index is 11.5. The second-order valence-corrected chi connectivity index (χ2v) is 5.34. The summed E-state index contributed by atoms with van der Waals surface area (Å²) in [7, 11) is 0. The first-order valence-electron chi connectivity index (χ1n) is 5.57. The van der Waals surface area contributed by atoms with Gasteiger partial charge in [0.05, 0.1) is 0 Å². The van der Waals surface area contributed by atoms with E-state index in [0.29, 0.717) is 5.92 Å². The van der Waals surface area contributed by atoms with Crippen LogP contribution in [0.3, 0.4) is 0 Å². The molecule has 2 atom stereocenters. The van der Waals surface area contributed by atoms with Gasteiger partial charge in [0.15, 0.2) is 0 Å². The normalized spacial score (nSPS) is 27.2. The van der Waals surface area contributed by atoms with Gasteiger partial charge in [0, 0.05) is 12.6 Å². The van der Waals surface area contributed by atoms with E-state index in [1.807, 2.05) is 20.8 Å². The zero-order valence-corrected chi connectivity index (χ0v) is 10.1. The van der Waals surface area contributed by atoms with Gasteiger partial charge >= 0.3 is 6.09 Å². The van der Waals surface area contributed by atoms with Crippen LogP contribution in [0.4, 0.5) is 4.79 Å². The number of alkyl carbamates (subject to hydrolysis) is 1. The van der Waals surface area contributed by atoms with Crippen LogP contribution in [-0.4, -0.2) is 30.8 Å². The van der Waals surface area contributed by atoms with Gasteiger partial charge < -0.3 is 15.4 Å². The van der Waals surface area contributed by atoms with Crippen molar-refractivity contribution >= 4 is 6.09 Å². The van der Waals surface area contributed by atoms with Crippen LogP contribution in [0.5, 0.6) is 0 Å². The van der Waals surface area contributed by atoms with Crippen molar-refractivity contribution in [3.8, 4) is 0 Å². The Balaban J connectivity index is 2.31. The van der Waals surface area contributed by atoms with Crippen LogP contribution < -0.4 is 10.6 Å². The molecular weight excluding hydrogens is 192 g/mol. The number of rotatable bonds is 1. The Morgan fingerprint density at radius 2 is 2.07 bits per heavy atom. The largest absolute Gasteiger partial charge is 0.444 e. The molecule has 88 valence electrons. The number of piperidine rings is 1. The molecule has 1 rings (SSSR count). The SMILES string of the molecule is C[C@H]1CNC[C@H](NC(=O)OC(C)(C)C)C1. The van der Waals surface area contributed by atoms with Crippen molar-refractivity contribution in [2.24, 2.45) is 5.92 Å². The molecule has 1 heterocycles. The van der Waals surface area contributed by atoms with Crippen molar-refractivity contribution in [3.63, 3.8) is 0 Å². The predicted octanol–water partition coefficient (Wildman–Crippen LogP) is 1.51. The molecule has 1 saturated heterocycles. The van der Waals surface area contributed by atoms with Crippen molar-refractivity contribution < 1.29 is 9.53 Å². The van der Waals surface area contributed by atoms with E-state index in [2.05, 4.69) is 17.6 Å². The van der Waals surface area contributed by atoms with E-state index in [0.717, 1.165) is 19.5 Å². The maximum atomic E-state index is 11.5. The van der Waals surface area contributed by atoms with Crippen molar-refractivity contribution in [2.45, 2.75) is 45.8 Å². The van der Waals surface area contributed by atoms with E-state index in [1.165, 1.54) is 0 Å². The lowest BCUT2D eigenvalue weighted by Crippen LogP contribution is -2.49. The highest BCUT2D eigenvalue weighted by molar-refractivity contribution is 5.68. The molecule has 0 aromatic heterocycles. The lowest BCUT2D eigenvalue weighted by molar-refractivity contribution is 0.0491. The Kier molecular flexibility index (Phi) is 3.97. The average molecular weight is 214 g/mol. The van der Waals surface area contributed by atoms with Crippen LogP contribution >= 0.6 is 0 Å². The van der Waals surface area contributed by atoms with Crippen LogP contribution in [0.25, 0.3) is 0 Å². The number of carbonyl (C=O) groups excluding carboxylic acids is 1. The number of carbonyl (C=O) groups is 1. The van der Waals surface area contributed by atoms with Gasteiger partial charge in [0.2, 0.25) is 0 Å². The van der Waals surface area contributed by atoms with Crippen molar-refractivity contribution in [3.05, 3.63) is 0 Å². The molecule has 4 heteroatoms. The molecule has 1 aliphatic heterocycles. The highest BCUT2D eigenvalue weighted by Crippen LogP contribution is 2.11. The minimum Gasteiger partial charge on any atom is -0.444 e. The Hall–Kier alpha value is -0.770. The summed E-state index contributed by atoms with van der Waals surface area (Å²) in [5.74, 6) is 0.610. The molecule has 0 bridgehead atoms. The summed E-state index contributed by atoms with van der Waals surface area (Å²) in [4.78, 5) is 11.5. The summed E-state index contributed by atoms with van der Waals surface area (Å²) < 4.78 is 5.20. The van der Waals surface area contributed by atoms with E-state index in [4.69, 9.17) is 4.74 Å². The van der Waals surface area contributed by atoms with Gasteiger partial charge in [-0.15, -0.1) is 0 Å². The lowest BCUT2D eigenvalue weighted by Gasteiger charge is -2.29. The van der Waals surface area contributed by atoms with Gasteiger partial charge in [-0.2, -0.15) is 0 Å². The van der Waals surface area contributed by atoms with E-state index in [1.54, 1.807) is 0 Å². The summed E-state index contributed by atoms with van der Waals surface area (Å²) in [5.41, 5.74) is -0.419. The number of nitrogens with one attached hydrogen (secondary N) is 2. The molecule has 15 heavy (non-hydrogen) atoms. The second-order valence-electron chi connectivity index (χ2n) is 5.34. The fourth-order valence-corrected chi connectivity index (χ4v) is 1.74. The number of ether oxygens (including phenoxy) is 1. The molecule has 1 aliphatic rings. The molecular formula is C11H22N2O2. The van der Waals surface area contributed by atoms with E-state index in [-0.39, 0.29) is 12.1 Å². The summed E-state index contributed by atoms with van der Waals surface area (Å²) >= 11 is 0. The Morgan fingerprint density at radius 1 is 1.40 bits per heavy atom. The Bertz CT molecular complexity index is 223. The molecule has 1 amide bonds. The first kappa shape index (κ1) is 12.3. The Labute approximate surface area is 91.8 Å². The summed E-state index contributed by atoms with van der Waals surface area (Å²) in [6.45, 7) is 9.66. The standard InChI is InChI=1S/C11H22N2O2/c1-8-5-9(7-12-6-8)13-10(14)15-11(2,3)4/h8-9,12H,5-7H2,1-4H3,(H,13,14)/t8-,9-/m1/s1. The highest BCUT2D eigenvalue weighted by atomic mass is 16.6. The highest BCUT2D eigenvalue weighted by Gasteiger charge is 2.23. The molecule has 0 unspecified atom stereocenters. The van der Waals surface area contributed by atoms with Gasteiger partial charge in [-0.05, 0) is 39.7 Å². The van der Waals surface area contributed by atoms with Crippen LogP contribution in [0.1, 0.15) is 34.1 Å². The molecule has 2 N–H and O–H groups in total. The molecule has 0 spiro atoms. The molecule has 4 nitrogen and oxygen atoms in total. The first-order valence-corrected chi connectivity index (χ1v) is 5.57. The van der Waals surface area contributed by atoms with Crippen LogP contribution in [0.15, 0.2) is 0 Å². The fourth-order valence-electron chi connectivity index (χ4n) is 1.74. The molecule has 0 radical (unpaired) electrons. The van der Waals surface area contributed by atoms with Crippen molar-refractivity contribution in [2.75, 3.05) is 13.1 Å². The first-order chi connectivity index (χ1) is 6.87. The molecule has 0 aromatic rings. The quantitative estimate of drug-likeness (QED) is 0.695. The molecule has 0 aromatic carbocycles. The van der Waals surface area contributed by atoms with Gasteiger partial charge in [0.1, 0.15) is 5.60 Å². The third-order valence-corrected chi connectivity index (χ3v) is 2.29. The van der Waals surface area contributed by atoms with E-state index in [9.17, 15) is 4.79 Å². The third kappa shape index (κ3) is 5.02. The van der Waals surface area contributed by atoms with Gasteiger partial charge in [-0.1, -0.05) is 6.92 Å². The van der Waals surface area contributed by atoms with Crippen LogP contribution in [0.2, 0.25) is 0 Å². The van der Waals surface area contributed by atoms with E-state index >= 15 is 0 Å².